The van der Waals surface area contributed by atoms with Crippen LogP contribution in [0, 0.1) is 24.0 Å². The minimum absolute atomic E-state index is 0.0530. The lowest BCUT2D eigenvalue weighted by Crippen LogP contribution is -2.16. The van der Waals surface area contributed by atoms with Gasteiger partial charge in [0, 0.05) is 18.3 Å². The number of ether oxygens (including phenoxy) is 2. The third kappa shape index (κ3) is 4.83. The molecular weight excluding hydrogens is 394 g/mol. The lowest BCUT2D eigenvalue weighted by molar-refractivity contribution is -0.384. The summed E-state index contributed by atoms with van der Waals surface area (Å²) in [6.45, 7) is 6.76. The van der Waals surface area contributed by atoms with Crippen LogP contribution in [0.4, 0.5) is 11.4 Å². The summed E-state index contributed by atoms with van der Waals surface area (Å²) in [5.74, 6) is -1.97. The molecular formula is C20H23N3O7. The number of rotatable bonds is 9. The quantitative estimate of drug-likeness (QED) is 0.274. The molecule has 10 nitrogen and oxygen atoms in total. The lowest BCUT2D eigenvalue weighted by Gasteiger charge is -2.07. The first-order valence-electron chi connectivity index (χ1n) is 9.30. The van der Waals surface area contributed by atoms with Crippen LogP contribution < -0.4 is 5.32 Å². The molecule has 0 aliphatic carbocycles. The van der Waals surface area contributed by atoms with Gasteiger partial charge in [-0.15, -0.1) is 0 Å². The van der Waals surface area contributed by atoms with Crippen LogP contribution in [0.5, 0.6) is 0 Å². The van der Waals surface area contributed by atoms with Gasteiger partial charge in [-0.2, -0.15) is 0 Å². The SMILES string of the molecule is CCNc1ccc(C(=O)OCC(=O)c2[nH]c(C)c(C(=O)OCC)c2C)cc1[N+](=O)[O-]. The monoisotopic (exact) mass is 417 g/mol. The van der Waals surface area contributed by atoms with Crippen LogP contribution in [0.25, 0.3) is 0 Å². The molecule has 10 heteroatoms. The number of carbonyl (C=O) groups is 3. The smallest absolute Gasteiger partial charge is 0.340 e. The van der Waals surface area contributed by atoms with Crippen LogP contribution in [-0.4, -0.2) is 47.4 Å². The van der Waals surface area contributed by atoms with Crippen LogP contribution >= 0.6 is 0 Å². The second kappa shape index (κ2) is 9.68. The molecule has 0 radical (unpaired) electrons. The summed E-state index contributed by atoms with van der Waals surface area (Å²) >= 11 is 0. The number of carbonyl (C=O) groups excluding carboxylic acids is 3. The number of hydrogen-bond acceptors (Lipinski definition) is 8. The zero-order valence-electron chi connectivity index (χ0n) is 17.2. The molecule has 1 aromatic heterocycles. The van der Waals surface area contributed by atoms with Gasteiger partial charge in [0.05, 0.1) is 28.4 Å². The highest BCUT2D eigenvalue weighted by molar-refractivity contribution is 6.03. The number of aromatic amines is 1. The van der Waals surface area contributed by atoms with E-state index in [1.807, 2.05) is 0 Å². The van der Waals surface area contributed by atoms with Crippen molar-refractivity contribution in [3.05, 3.63) is 56.4 Å². The Morgan fingerprint density at radius 1 is 1.13 bits per heavy atom. The Morgan fingerprint density at radius 3 is 2.43 bits per heavy atom. The predicted molar refractivity (Wildman–Crippen MR) is 108 cm³/mol. The summed E-state index contributed by atoms with van der Waals surface area (Å²) in [7, 11) is 0. The van der Waals surface area contributed by atoms with Crippen molar-refractivity contribution in [2.24, 2.45) is 0 Å². The molecule has 1 aromatic carbocycles. The van der Waals surface area contributed by atoms with Crippen molar-refractivity contribution in [1.82, 2.24) is 4.98 Å². The molecule has 0 atom stereocenters. The summed E-state index contributed by atoms with van der Waals surface area (Å²) in [5.41, 5.74) is 1.22. The number of nitro groups is 1. The number of aryl methyl sites for hydroxylation is 1. The Hall–Kier alpha value is -3.69. The molecule has 0 saturated carbocycles. The fourth-order valence-electron chi connectivity index (χ4n) is 2.97. The minimum Gasteiger partial charge on any atom is -0.462 e. The Labute approximate surface area is 172 Å². The average molecular weight is 417 g/mol. The van der Waals surface area contributed by atoms with Crippen LogP contribution in [0.15, 0.2) is 18.2 Å². The topological polar surface area (TPSA) is 141 Å². The number of ketones is 1. The van der Waals surface area contributed by atoms with Crippen LogP contribution in [0.1, 0.15) is 56.3 Å². The molecule has 0 aliphatic rings. The number of nitrogens with one attached hydrogen (secondary N) is 2. The first kappa shape index (κ1) is 22.6. The van der Waals surface area contributed by atoms with Gasteiger partial charge >= 0.3 is 11.9 Å². The van der Waals surface area contributed by atoms with Gasteiger partial charge in [0.1, 0.15) is 5.69 Å². The largest absolute Gasteiger partial charge is 0.462 e. The first-order valence-corrected chi connectivity index (χ1v) is 9.30. The zero-order valence-corrected chi connectivity index (χ0v) is 17.2. The van der Waals surface area contributed by atoms with E-state index >= 15 is 0 Å². The second-order valence-electron chi connectivity index (χ2n) is 6.36. The van der Waals surface area contributed by atoms with E-state index < -0.39 is 29.3 Å². The third-order valence-corrected chi connectivity index (χ3v) is 4.33. The third-order valence-electron chi connectivity index (χ3n) is 4.33. The highest BCUT2D eigenvalue weighted by Crippen LogP contribution is 2.26. The maximum absolute atomic E-state index is 12.5. The predicted octanol–water partition coefficient (Wildman–Crippen LogP) is 3.19. The number of nitrogens with zero attached hydrogens (tertiary/aromatic N) is 1. The van der Waals surface area contributed by atoms with Gasteiger partial charge in [-0.25, -0.2) is 9.59 Å². The number of aromatic nitrogens is 1. The van der Waals surface area contributed by atoms with Crippen molar-refractivity contribution in [3.63, 3.8) is 0 Å². The van der Waals surface area contributed by atoms with Gasteiger partial charge in [-0.1, -0.05) is 0 Å². The van der Waals surface area contributed by atoms with Crippen molar-refractivity contribution in [2.45, 2.75) is 27.7 Å². The highest BCUT2D eigenvalue weighted by Gasteiger charge is 2.24. The van der Waals surface area contributed by atoms with E-state index in [0.717, 1.165) is 6.07 Å². The maximum atomic E-state index is 12.5. The number of benzene rings is 1. The summed E-state index contributed by atoms with van der Waals surface area (Å²) in [6, 6.07) is 3.87. The maximum Gasteiger partial charge on any atom is 0.340 e. The number of anilines is 1. The molecule has 0 unspecified atom stereocenters. The van der Waals surface area contributed by atoms with Gasteiger partial charge in [0.2, 0.25) is 5.78 Å². The first-order chi connectivity index (χ1) is 14.2. The molecule has 0 saturated heterocycles. The van der Waals surface area contributed by atoms with Crippen molar-refractivity contribution >= 4 is 29.1 Å². The van der Waals surface area contributed by atoms with Gasteiger partial charge in [0.25, 0.3) is 5.69 Å². The van der Waals surface area contributed by atoms with E-state index in [9.17, 15) is 24.5 Å². The average Bonchev–Trinajstić information content (AvgIpc) is 3.00. The molecule has 0 fully saturated rings. The van der Waals surface area contributed by atoms with Gasteiger partial charge in [-0.3, -0.25) is 14.9 Å². The van der Waals surface area contributed by atoms with E-state index in [4.69, 9.17) is 9.47 Å². The standard InChI is InChI=1S/C20H23N3O7/c1-5-21-14-8-7-13(9-15(14)23(27)28)19(25)30-10-16(24)18-11(3)17(12(4)22-18)20(26)29-6-2/h7-9,21-22H,5-6,10H2,1-4H3. The summed E-state index contributed by atoms with van der Waals surface area (Å²) in [5, 5.41) is 14.1. The molecule has 0 aliphatic heterocycles. The molecule has 2 N–H and O–H groups in total. The number of hydrogen-bond donors (Lipinski definition) is 2. The fourth-order valence-corrected chi connectivity index (χ4v) is 2.97. The van der Waals surface area contributed by atoms with E-state index in [1.165, 1.54) is 12.1 Å². The van der Waals surface area contributed by atoms with Crippen LogP contribution in [-0.2, 0) is 9.47 Å². The van der Waals surface area contributed by atoms with Gasteiger partial charge in [-0.05, 0) is 45.4 Å². The Balaban J connectivity index is 2.14. The minimum atomic E-state index is -0.874. The molecule has 0 amide bonds. The fraction of sp³-hybridized carbons (Fsp3) is 0.350. The number of H-pyrrole nitrogens is 1. The highest BCUT2D eigenvalue weighted by atomic mass is 16.6. The molecule has 2 aromatic rings. The second-order valence-corrected chi connectivity index (χ2v) is 6.36. The summed E-state index contributed by atoms with van der Waals surface area (Å²) in [6.07, 6.45) is 0. The Bertz CT molecular complexity index is 995. The molecule has 0 spiro atoms. The Kier molecular flexibility index (Phi) is 7.29. The van der Waals surface area contributed by atoms with Crippen molar-refractivity contribution in [2.75, 3.05) is 25.1 Å². The molecule has 0 bridgehead atoms. The number of nitro benzene ring substituents is 1. The van der Waals surface area contributed by atoms with E-state index in [1.54, 1.807) is 27.7 Å². The van der Waals surface area contributed by atoms with Crippen LogP contribution in [0.3, 0.4) is 0 Å². The summed E-state index contributed by atoms with van der Waals surface area (Å²) < 4.78 is 10.0. The van der Waals surface area contributed by atoms with Crippen LogP contribution in [0.2, 0.25) is 0 Å². The Morgan fingerprint density at radius 2 is 1.83 bits per heavy atom. The summed E-state index contributed by atoms with van der Waals surface area (Å²) in [4.78, 5) is 50.2. The molecule has 2 rings (SSSR count). The number of Topliss-reactive ketones (excluding diaryl/α,β-unsaturated/α-hetero) is 1. The van der Waals surface area contributed by atoms with E-state index in [2.05, 4.69) is 10.3 Å². The number of esters is 2. The van der Waals surface area contributed by atoms with E-state index in [0.29, 0.717) is 17.8 Å². The molecule has 30 heavy (non-hydrogen) atoms. The van der Waals surface area contributed by atoms with Gasteiger partial charge in [0.15, 0.2) is 6.61 Å². The lowest BCUT2D eigenvalue weighted by atomic mass is 10.1. The molecule has 1 heterocycles. The normalized spacial score (nSPS) is 10.4. The van der Waals surface area contributed by atoms with Gasteiger partial charge < -0.3 is 19.8 Å². The van der Waals surface area contributed by atoms with E-state index in [-0.39, 0.29) is 34.8 Å². The zero-order chi connectivity index (χ0) is 22.4. The molecule has 160 valence electrons. The van der Waals surface area contributed by atoms with Crippen molar-refractivity contribution in [3.8, 4) is 0 Å². The van der Waals surface area contributed by atoms with Crippen molar-refractivity contribution < 1.29 is 28.8 Å². The van der Waals surface area contributed by atoms with Crippen molar-refractivity contribution in [1.29, 1.82) is 0 Å².